The van der Waals surface area contributed by atoms with E-state index in [1.54, 1.807) is 12.1 Å². The van der Waals surface area contributed by atoms with Crippen LogP contribution in [0.2, 0.25) is 0 Å². The lowest BCUT2D eigenvalue weighted by Crippen LogP contribution is -2.15. The number of carboxylic acid groups (broad SMARTS) is 1. The van der Waals surface area contributed by atoms with Gasteiger partial charge in [-0.2, -0.15) is 0 Å². The van der Waals surface area contributed by atoms with Gasteiger partial charge in [0.1, 0.15) is 5.56 Å². The van der Waals surface area contributed by atoms with Crippen molar-refractivity contribution >= 4 is 5.97 Å². The number of aromatic nitrogens is 1. The van der Waals surface area contributed by atoms with Gasteiger partial charge < -0.3 is 15.2 Å². The summed E-state index contributed by atoms with van der Waals surface area (Å²) in [6.07, 6.45) is 2.15. The van der Waals surface area contributed by atoms with Gasteiger partial charge in [0, 0.05) is 6.04 Å². The van der Waals surface area contributed by atoms with Gasteiger partial charge in [-0.15, -0.1) is 0 Å². The Morgan fingerprint density at radius 1 is 1.62 bits per heavy atom. The molecule has 0 amide bonds. The van der Waals surface area contributed by atoms with E-state index in [0.717, 1.165) is 25.1 Å². The summed E-state index contributed by atoms with van der Waals surface area (Å²) < 4.78 is 4.99. The first kappa shape index (κ1) is 10.9. The van der Waals surface area contributed by atoms with Crippen molar-refractivity contribution < 1.29 is 14.6 Å². The first-order valence-electron chi connectivity index (χ1n) is 5.24. The molecule has 1 fully saturated rings. The van der Waals surface area contributed by atoms with Crippen LogP contribution in [0.5, 0.6) is 5.88 Å². The Kier molecular flexibility index (Phi) is 3.05. The van der Waals surface area contributed by atoms with Crippen molar-refractivity contribution in [2.75, 3.05) is 13.7 Å². The zero-order valence-corrected chi connectivity index (χ0v) is 9.06. The number of methoxy groups -OCH3 is 1. The molecule has 5 nitrogen and oxygen atoms in total. The smallest absolute Gasteiger partial charge is 0.341 e. The maximum Gasteiger partial charge on any atom is 0.341 e. The van der Waals surface area contributed by atoms with Gasteiger partial charge in [0.15, 0.2) is 0 Å². The SMILES string of the molecule is COc1nc(C2CCCN2)ccc1C(=O)O. The van der Waals surface area contributed by atoms with E-state index in [2.05, 4.69) is 10.3 Å². The Morgan fingerprint density at radius 2 is 2.44 bits per heavy atom. The van der Waals surface area contributed by atoms with Gasteiger partial charge >= 0.3 is 5.97 Å². The fourth-order valence-corrected chi connectivity index (χ4v) is 1.90. The Bertz CT molecular complexity index is 400. The van der Waals surface area contributed by atoms with Gasteiger partial charge in [0.25, 0.3) is 0 Å². The molecule has 5 heteroatoms. The minimum Gasteiger partial charge on any atom is -0.480 e. The molecule has 0 radical (unpaired) electrons. The minimum absolute atomic E-state index is 0.101. The van der Waals surface area contributed by atoms with Crippen LogP contribution in [0.3, 0.4) is 0 Å². The second-order valence-electron chi connectivity index (χ2n) is 3.75. The lowest BCUT2D eigenvalue weighted by molar-refractivity contribution is 0.0692. The number of nitrogens with one attached hydrogen (secondary N) is 1. The van der Waals surface area contributed by atoms with Crippen molar-refractivity contribution in [3.05, 3.63) is 23.4 Å². The normalized spacial score (nSPS) is 19.7. The van der Waals surface area contributed by atoms with Crippen molar-refractivity contribution in [2.45, 2.75) is 18.9 Å². The van der Waals surface area contributed by atoms with E-state index in [-0.39, 0.29) is 17.5 Å². The summed E-state index contributed by atoms with van der Waals surface area (Å²) in [7, 11) is 1.43. The molecule has 2 rings (SSSR count). The van der Waals surface area contributed by atoms with Gasteiger partial charge in [0.2, 0.25) is 5.88 Å². The first-order chi connectivity index (χ1) is 7.72. The van der Waals surface area contributed by atoms with E-state index in [0.29, 0.717) is 0 Å². The van der Waals surface area contributed by atoms with Crippen molar-refractivity contribution in [3.63, 3.8) is 0 Å². The molecule has 0 bridgehead atoms. The molecule has 0 aliphatic carbocycles. The monoisotopic (exact) mass is 222 g/mol. The van der Waals surface area contributed by atoms with Gasteiger partial charge in [-0.1, -0.05) is 0 Å². The number of ether oxygens (including phenoxy) is 1. The Balaban J connectivity index is 2.32. The number of carbonyl (C=O) groups is 1. The molecular formula is C11H14N2O3. The Hall–Kier alpha value is -1.62. The molecule has 16 heavy (non-hydrogen) atoms. The number of rotatable bonds is 3. The highest BCUT2D eigenvalue weighted by atomic mass is 16.5. The Morgan fingerprint density at radius 3 is 3.00 bits per heavy atom. The van der Waals surface area contributed by atoms with Crippen LogP contribution in [-0.2, 0) is 0 Å². The summed E-state index contributed by atoms with van der Waals surface area (Å²) in [4.78, 5) is 15.1. The van der Waals surface area contributed by atoms with Crippen molar-refractivity contribution in [1.82, 2.24) is 10.3 Å². The van der Waals surface area contributed by atoms with E-state index in [1.165, 1.54) is 7.11 Å². The molecule has 1 aromatic heterocycles. The maximum atomic E-state index is 10.9. The average molecular weight is 222 g/mol. The van der Waals surface area contributed by atoms with Gasteiger partial charge in [-0.05, 0) is 31.5 Å². The molecule has 2 N–H and O–H groups in total. The quantitative estimate of drug-likeness (QED) is 0.804. The van der Waals surface area contributed by atoms with Crippen LogP contribution in [0.15, 0.2) is 12.1 Å². The fourth-order valence-electron chi connectivity index (χ4n) is 1.90. The molecule has 0 spiro atoms. The molecule has 1 unspecified atom stereocenters. The lowest BCUT2D eigenvalue weighted by Gasteiger charge is -2.11. The molecule has 1 atom stereocenters. The molecule has 2 heterocycles. The molecular weight excluding hydrogens is 208 g/mol. The van der Waals surface area contributed by atoms with E-state index >= 15 is 0 Å². The highest BCUT2D eigenvalue weighted by molar-refractivity contribution is 5.90. The highest BCUT2D eigenvalue weighted by Gasteiger charge is 2.20. The third kappa shape index (κ3) is 1.99. The van der Waals surface area contributed by atoms with Crippen LogP contribution in [0, 0.1) is 0 Å². The van der Waals surface area contributed by atoms with Crippen LogP contribution < -0.4 is 10.1 Å². The van der Waals surface area contributed by atoms with Crippen LogP contribution in [0.25, 0.3) is 0 Å². The number of hydrogen-bond acceptors (Lipinski definition) is 4. The molecule has 0 aromatic carbocycles. The number of aromatic carboxylic acids is 1. The molecule has 1 saturated heterocycles. The maximum absolute atomic E-state index is 10.9. The summed E-state index contributed by atoms with van der Waals surface area (Å²) in [5.74, 6) is -0.839. The number of carboxylic acids is 1. The molecule has 1 aliphatic heterocycles. The second kappa shape index (κ2) is 4.49. The summed E-state index contributed by atoms with van der Waals surface area (Å²) in [5.41, 5.74) is 0.948. The van der Waals surface area contributed by atoms with Crippen molar-refractivity contribution in [1.29, 1.82) is 0 Å². The van der Waals surface area contributed by atoms with Crippen LogP contribution in [0.1, 0.15) is 34.9 Å². The minimum atomic E-state index is -1.02. The van der Waals surface area contributed by atoms with Crippen molar-refractivity contribution in [3.8, 4) is 5.88 Å². The number of pyridine rings is 1. The van der Waals surface area contributed by atoms with E-state index in [4.69, 9.17) is 9.84 Å². The van der Waals surface area contributed by atoms with E-state index in [1.807, 2.05) is 0 Å². The zero-order chi connectivity index (χ0) is 11.5. The summed E-state index contributed by atoms with van der Waals surface area (Å²) in [5, 5.41) is 12.2. The fraction of sp³-hybridized carbons (Fsp3) is 0.455. The first-order valence-corrected chi connectivity index (χ1v) is 5.24. The largest absolute Gasteiger partial charge is 0.480 e. The molecule has 0 saturated carbocycles. The van der Waals surface area contributed by atoms with Crippen LogP contribution in [-0.4, -0.2) is 29.7 Å². The number of nitrogens with zero attached hydrogens (tertiary/aromatic N) is 1. The summed E-state index contributed by atoms with van der Waals surface area (Å²) in [6, 6.07) is 3.51. The topological polar surface area (TPSA) is 71.5 Å². The zero-order valence-electron chi connectivity index (χ0n) is 9.06. The van der Waals surface area contributed by atoms with Gasteiger partial charge in [0.05, 0.1) is 12.8 Å². The third-order valence-electron chi connectivity index (χ3n) is 2.72. The van der Waals surface area contributed by atoms with Crippen molar-refractivity contribution in [2.24, 2.45) is 0 Å². The van der Waals surface area contributed by atoms with E-state index in [9.17, 15) is 4.79 Å². The molecule has 1 aliphatic rings. The van der Waals surface area contributed by atoms with Crippen LogP contribution in [0.4, 0.5) is 0 Å². The van der Waals surface area contributed by atoms with Crippen LogP contribution >= 0.6 is 0 Å². The van der Waals surface area contributed by atoms with E-state index < -0.39 is 5.97 Å². The predicted octanol–water partition coefficient (Wildman–Crippen LogP) is 1.21. The second-order valence-corrected chi connectivity index (χ2v) is 3.75. The van der Waals surface area contributed by atoms with Gasteiger partial charge in [-0.3, -0.25) is 0 Å². The summed E-state index contributed by atoms with van der Waals surface area (Å²) >= 11 is 0. The summed E-state index contributed by atoms with van der Waals surface area (Å²) in [6.45, 7) is 0.981. The number of hydrogen-bond donors (Lipinski definition) is 2. The average Bonchev–Trinajstić information content (AvgIpc) is 2.81. The lowest BCUT2D eigenvalue weighted by atomic mass is 10.1. The predicted molar refractivity (Wildman–Crippen MR) is 57.7 cm³/mol. The molecule has 86 valence electrons. The highest BCUT2D eigenvalue weighted by Crippen LogP contribution is 2.25. The third-order valence-corrected chi connectivity index (χ3v) is 2.72. The Labute approximate surface area is 93.5 Å². The van der Waals surface area contributed by atoms with Gasteiger partial charge in [-0.25, -0.2) is 9.78 Å². The molecule has 1 aromatic rings. The standard InChI is InChI=1S/C11H14N2O3/c1-16-10-7(11(14)15)4-5-9(13-10)8-3-2-6-12-8/h4-5,8,12H,2-3,6H2,1H3,(H,14,15).